The minimum absolute atomic E-state index is 0.342. The zero-order valence-corrected chi connectivity index (χ0v) is 9.81. The fraction of sp³-hybridized carbons (Fsp3) is 0.214. The van der Waals surface area contributed by atoms with Crippen LogP contribution in [-0.2, 0) is 0 Å². The van der Waals surface area contributed by atoms with Gasteiger partial charge in [-0.15, -0.1) is 0 Å². The molecule has 1 aromatic heterocycles. The van der Waals surface area contributed by atoms with Gasteiger partial charge in [0, 0.05) is 6.20 Å². The van der Waals surface area contributed by atoms with Crippen molar-refractivity contribution < 1.29 is 9.50 Å². The molecule has 17 heavy (non-hydrogen) atoms. The van der Waals surface area contributed by atoms with E-state index in [1.54, 1.807) is 25.3 Å². The number of aromatic nitrogens is 1. The molecule has 0 fully saturated rings. The second-order valence-corrected chi connectivity index (χ2v) is 4.22. The SMILES string of the molecule is Cc1ccc(C(O)c2cc(C)cc(F)c2)nc1. The van der Waals surface area contributed by atoms with E-state index in [-0.39, 0.29) is 5.82 Å². The molecule has 88 valence electrons. The highest BCUT2D eigenvalue weighted by molar-refractivity contribution is 5.30. The van der Waals surface area contributed by atoms with E-state index in [4.69, 9.17) is 0 Å². The standard InChI is InChI=1S/C14H14FNO/c1-9-3-4-13(16-8-9)14(17)11-5-10(2)6-12(15)7-11/h3-8,14,17H,1-2H3. The summed E-state index contributed by atoms with van der Waals surface area (Å²) in [5.41, 5.74) is 2.86. The molecule has 0 saturated carbocycles. The van der Waals surface area contributed by atoms with Crippen LogP contribution in [-0.4, -0.2) is 10.1 Å². The minimum Gasteiger partial charge on any atom is -0.382 e. The maximum Gasteiger partial charge on any atom is 0.123 e. The van der Waals surface area contributed by atoms with Crippen molar-refractivity contribution in [3.8, 4) is 0 Å². The molecule has 0 aliphatic heterocycles. The van der Waals surface area contributed by atoms with Gasteiger partial charge in [-0.25, -0.2) is 4.39 Å². The monoisotopic (exact) mass is 231 g/mol. The number of aliphatic hydroxyl groups is 1. The molecule has 1 N–H and O–H groups in total. The van der Waals surface area contributed by atoms with Gasteiger partial charge in [0.2, 0.25) is 0 Å². The second kappa shape index (κ2) is 4.63. The molecule has 0 saturated heterocycles. The topological polar surface area (TPSA) is 33.1 Å². The summed E-state index contributed by atoms with van der Waals surface area (Å²) in [6, 6.07) is 8.14. The first kappa shape index (κ1) is 11.7. The van der Waals surface area contributed by atoms with Crippen molar-refractivity contribution in [2.75, 3.05) is 0 Å². The number of rotatable bonds is 2. The van der Waals surface area contributed by atoms with Crippen molar-refractivity contribution in [2.45, 2.75) is 20.0 Å². The maximum atomic E-state index is 13.2. The van der Waals surface area contributed by atoms with E-state index < -0.39 is 6.10 Å². The average Bonchev–Trinajstić information content (AvgIpc) is 2.28. The van der Waals surface area contributed by atoms with Gasteiger partial charge in [0.1, 0.15) is 11.9 Å². The Morgan fingerprint density at radius 1 is 1.12 bits per heavy atom. The van der Waals surface area contributed by atoms with E-state index >= 15 is 0 Å². The van der Waals surface area contributed by atoms with Crippen molar-refractivity contribution in [2.24, 2.45) is 0 Å². The summed E-state index contributed by atoms with van der Waals surface area (Å²) in [6.07, 6.45) is 0.801. The first-order valence-electron chi connectivity index (χ1n) is 5.44. The molecule has 0 radical (unpaired) electrons. The van der Waals surface area contributed by atoms with Gasteiger partial charge in [0.05, 0.1) is 5.69 Å². The molecular weight excluding hydrogens is 217 g/mol. The van der Waals surface area contributed by atoms with Gasteiger partial charge in [-0.05, 0) is 48.7 Å². The first-order valence-corrected chi connectivity index (χ1v) is 5.44. The summed E-state index contributed by atoms with van der Waals surface area (Å²) in [5.74, 6) is -0.342. The molecule has 1 unspecified atom stereocenters. The quantitative estimate of drug-likeness (QED) is 0.862. The summed E-state index contributed by atoms with van der Waals surface area (Å²) in [4.78, 5) is 4.14. The molecular formula is C14H14FNO. The van der Waals surface area contributed by atoms with Gasteiger partial charge in [-0.3, -0.25) is 4.98 Å². The molecule has 0 aliphatic rings. The van der Waals surface area contributed by atoms with E-state index in [0.29, 0.717) is 11.3 Å². The van der Waals surface area contributed by atoms with Crippen molar-refractivity contribution in [3.63, 3.8) is 0 Å². The molecule has 2 rings (SSSR count). The lowest BCUT2D eigenvalue weighted by molar-refractivity contribution is 0.214. The molecule has 1 heterocycles. The van der Waals surface area contributed by atoms with E-state index in [1.165, 1.54) is 12.1 Å². The Morgan fingerprint density at radius 3 is 2.47 bits per heavy atom. The lowest BCUT2D eigenvalue weighted by Crippen LogP contribution is -2.03. The van der Waals surface area contributed by atoms with E-state index in [2.05, 4.69) is 4.98 Å². The lowest BCUT2D eigenvalue weighted by atomic mass is 10.0. The number of halogens is 1. The largest absolute Gasteiger partial charge is 0.382 e. The Morgan fingerprint density at radius 2 is 1.88 bits per heavy atom. The predicted octanol–water partition coefficient (Wildman–Crippen LogP) is 2.92. The summed E-state index contributed by atoms with van der Waals surface area (Å²) < 4.78 is 13.2. The number of nitrogens with zero attached hydrogens (tertiary/aromatic N) is 1. The highest BCUT2D eigenvalue weighted by Crippen LogP contribution is 2.22. The van der Waals surface area contributed by atoms with Gasteiger partial charge in [0.25, 0.3) is 0 Å². The van der Waals surface area contributed by atoms with Gasteiger partial charge in [0.15, 0.2) is 0 Å². The predicted molar refractivity (Wildman–Crippen MR) is 64.2 cm³/mol. The molecule has 0 aliphatic carbocycles. The Hall–Kier alpha value is -1.74. The van der Waals surface area contributed by atoms with Crippen molar-refractivity contribution in [3.05, 3.63) is 64.7 Å². The molecule has 1 atom stereocenters. The molecule has 0 amide bonds. The highest BCUT2D eigenvalue weighted by Gasteiger charge is 2.12. The smallest absolute Gasteiger partial charge is 0.123 e. The number of benzene rings is 1. The van der Waals surface area contributed by atoms with E-state index in [0.717, 1.165) is 11.1 Å². The lowest BCUT2D eigenvalue weighted by Gasteiger charge is -2.11. The second-order valence-electron chi connectivity index (χ2n) is 4.22. The van der Waals surface area contributed by atoms with Crippen LogP contribution in [0.15, 0.2) is 36.5 Å². The van der Waals surface area contributed by atoms with Crippen LogP contribution >= 0.6 is 0 Å². The van der Waals surface area contributed by atoms with Gasteiger partial charge in [-0.2, -0.15) is 0 Å². The van der Waals surface area contributed by atoms with Crippen molar-refractivity contribution in [1.29, 1.82) is 0 Å². The number of aryl methyl sites for hydroxylation is 2. The molecule has 2 aromatic rings. The van der Waals surface area contributed by atoms with Crippen LogP contribution in [0.4, 0.5) is 4.39 Å². The average molecular weight is 231 g/mol. The zero-order chi connectivity index (χ0) is 12.4. The van der Waals surface area contributed by atoms with Crippen LogP contribution in [0, 0.1) is 19.7 Å². The Bertz CT molecular complexity index is 502. The number of pyridine rings is 1. The van der Waals surface area contributed by atoms with Gasteiger partial charge < -0.3 is 5.11 Å². The summed E-state index contributed by atoms with van der Waals surface area (Å²) in [6.45, 7) is 3.72. The third-order valence-electron chi connectivity index (χ3n) is 2.59. The first-order chi connectivity index (χ1) is 8.06. The highest BCUT2D eigenvalue weighted by atomic mass is 19.1. The van der Waals surface area contributed by atoms with Crippen molar-refractivity contribution >= 4 is 0 Å². The van der Waals surface area contributed by atoms with Gasteiger partial charge in [-0.1, -0.05) is 12.1 Å². The molecule has 1 aromatic carbocycles. The van der Waals surface area contributed by atoms with Crippen LogP contribution in [0.25, 0.3) is 0 Å². The molecule has 2 nitrogen and oxygen atoms in total. The van der Waals surface area contributed by atoms with E-state index in [1.807, 2.05) is 13.0 Å². The molecule has 0 bridgehead atoms. The fourth-order valence-electron chi connectivity index (χ4n) is 1.73. The van der Waals surface area contributed by atoms with Gasteiger partial charge >= 0.3 is 0 Å². The molecule has 0 spiro atoms. The van der Waals surface area contributed by atoms with Crippen LogP contribution in [0.3, 0.4) is 0 Å². The maximum absolute atomic E-state index is 13.2. The number of aliphatic hydroxyl groups excluding tert-OH is 1. The van der Waals surface area contributed by atoms with Crippen LogP contribution in [0.2, 0.25) is 0 Å². The van der Waals surface area contributed by atoms with Crippen molar-refractivity contribution in [1.82, 2.24) is 4.98 Å². The fourth-order valence-corrected chi connectivity index (χ4v) is 1.73. The van der Waals surface area contributed by atoms with Crippen LogP contribution in [0.1, 0.15) is 28.5 Å². The Balaban J connectivity index is 2.36. The summed E-state index contributed by atoms with van der Waals surface area (Å²) >= 11 is 0. The Kier molecular flexibility index (Phi) is 3.20. The number of hydrogen-bond donors (Lipinski definition) is 1. The third kappa shape index (κ3) is 2.68. The Labute approximate surface area is 99.8 Å². The number of hydrogen-bond acceptors (Lipinski definition) is 2. The van der Waals surface area contributed by atoms with Crippen LogP contribution < -0.4 is 0 Å². The summed E-state index contributed by atoms with van der Waals surface area (Å²) in [7, 11) is 0. The summed E-state index contributed by atoms with van der Waals surface area (Å²) in [5, 5.41) is 10.1. The normalized spacial score (nSPS) is 12.5. The third-order valence-corrected chi connectivity index (χ3v) is 2.59. The minimum atomic E-state index is -0.884. The van der Waals surface area contributed by atoms with Crippen LogP contribution in [0.5, 0.6) is 0 Å². The van der Waals surface area contributed by atoms with E-state index in [9.17, 15) is 9.50 Å². The zero-order valence-electron chi connectivity index (χ0n) is 9.81. The molecule has 3 heteroatoms.